The molecule has 0 N–H and O–H groups in total. The van der Waals surface area contributed by atoms with E-state index in [0.29, 0.717) is 38.2 Å². The molecular formula is C29H29N5O3S. The van der Waals surface area contributed by atoms with Gasteiger partial charge in [-0.25, -0.2) is 9.97 Å². The van der Waals surface area contributed by atoms with Gasteiger partial charge in [0.2, 0.25) is 0 Å². The summed E-state index contributed by atoms with van der Waals surface area (Å²) >= 11 is 1.82. The smallest absolute Gasteiger partial charge is 0.270 e. The van der Waals surface area contributed by atoms with Crippen molar-refractivity contribution >= 4 is 39.0 Å². The second-order valence-electron chi connectivity index (χ2n) is 9.96. The number of piperazine rings is 1. The topological polar surface area (TPSA) is 92.5 Å². The number of thiophene rings is 1. The molecule has 4 aromatic rings. The number of nitrogens with zero attached hydrogens (tertiary/aromatic N) is 5. The van der Waals surface area contributed by atoms with E-state index in [0.717, 1.165) is 29.3 Å². The Balaban J connectivity index is 1.29. The number of aryl methyl sites for hydroxylation is 2. The molecule has 8 nitrogen and oxygen atoms in total. The van der Waals surface area contributed by atoms with Crippen LogP contribution in [0.15, 0.2) is 54.6 Å². The van der Waals surface area contributed by atoms with E-state index >= 15 is 0 Å². The van der Waals surface area contributed by atoms with Crippen molar-refractivity contribution in [2.24, 2.45) is 0 Å². The van der Waals surface area contributed by atoms with E-state index in [1.165, 1.54) is 52.8 Å². The minimum Gasteiger partial charge on any atom is -0.352 e. The molecule has 0 saturated carbocycles. The Labute approximate surface area is 225 Å². The molecule has 9 heteroatoms. The van der Waals surface area contributed by atoms with Crippen molar-refractivity contribution in [1.82, 2.24) is 14.9 Å². The lowest BCUT2D eigenvalue weighted by Crippen LogP contribution is -2.49. The molecule has 1 aliphatic heterocycles. The van der Waals surface area contributed by atoms with Crippen molar-refractivity contribution in [3.05, 3.63) is 92.1 Å². The van der Waals surface area contributed by atoms with Crippen LogP contribution in [0.3, 0.4) is 0 Å². The van der Waals surface area contributed by atoms with E-state index in [9.17, 15) is 14.9 Å². The van der Waals surface area contributed by atoms with Crippen LogP contribution in [-0.4, -0.2) is 51.9 Å². The standard InChI is InChI=1S/C29H29N5O3S/c35-29(21-10-7-11-22(19-21)34(36)37)33-16-14-32(15-17-33)27-26-23-12-5-2-6-13-24(23)38-28(26)31-25(30-27)18-20-8-3-1-4-9-20/h1,3-4,7-11,19H,2,5-6,12-18H2. The average molecular weight is 528 g/mol. The maximum atomic E-state index is 13.1. The van der Waals surface area contributed by atoms with Gasteiger partial charge in [0.15, 0.2) is 0 Å². The number of benzene rings is 2. The number of aromatic nitrogens is 2. The number of rotatable bonds is 5. The first-order chi connectivity index (χ1) is 18.6. The Morgan fingerprint density at radius 1 is 0.947 bits per heavy atom. The van der Waals surface area contributed by atoms with Crippen molar-refractivity contribution < 1.29 is 9.72 Å². The molecule has 2 aliphatic rings. The highest BCUT2D eigenvalue weighted by atomic mass is 32.1. The Hall–Kier alpha value is -3.85. The van der Waals surface area contributed by atoms with Gasteiger partial charge in [-0.3, -0.25) is 14.9 Å². The van der Waals surface area contributed by atoms with Crippen LogP contribution in [0.2, 0.25) is 0 Å². The number of carbonyl (C=O) groups is 1. The van der Waals surface area contributed by atoms with E-state index in [4.69, 9.17) is 9.97 Å². The SMILES string of the molecule is O=C(c1cccc([N+](=O)[O-])c1)N1CCN(c2nc(Cc3ccccc3)nc3sc4c(c23)CCCCC4)CC1. The number of nitro groups is 1. The zero-order chi connectivity index (χ0) is 26.1. The van der Waals surface area contributed by atoms with Crippen LogP contribution >= 0.6 is 11.3 Å². The minimum absolute atomic E-state index is 0.0676. The van der Waals surface area contributed by atoms with Crippen LogP contribution in [0.5, 0.6) is 0 Å². The van der Waals surface area contributed by atoms with Gasteiger partial charge in [0, 0.05) is 55.2 Å². The van der Waals surface area contributed by atoms with Gasteiger partial charge in [0.25, 0.3) is 11.6 Å². The van der Waals surface area contributed by atoms with Crippen molar-refractivity contribution in [2.45, 2.75) is 38.5 Å². The lowest BCUT2D eigenvalue weighted by Gasteiger charge is -2.36. The predicted molar refractivity (Wildman–Crippen MR) is 149 cm³/mol. The molecule has 1 amide bonds. The number of hydrogen-bond donors (Lipinski definition) is 0. The van der Waals surface area contributed by atoms with Gasteiger partial charge >= 0.3 is 0 Å². The van der Waals surface area contributed by atoms with Crippen LogP contribution in [0, 0.1) is 10.1 Å². The highest BCUT2D eigenvalue weighted by Crippen LogP contribution is 2.39. The molecule has 38 heavy (non-hydrogen) atoms. The van der Waals surface area contributed by atoms with Gasteiger partial charge in [-0.15, -0.1) is 11.3 Å². The molecule has 0 atom stereocenters. The lowest BCUT2D eigenvalue weighted by molar-refractivity contribution is -0.384. The molecular weight excluding hydrogens is 498 g/mol. The molecule has 3 heterocycles. The zero-order valence-corrected chi connectivity index (χ0v) is 22.0. The molecule has 2 aromatic heterocycles. The summed E-state index contributed by atoms with van der Waals surface area (Å²) in [5.74, 6) is 1.64. The summed E-state index contributed by atoms with van der Waals surface area (Å²) in [6.07, 6.45) is 6.51. The maximum Gasteiger partial charge on any atom is 0.270 e. The van der Waals surface area contributed by atoms with Gasteiger partial charge in [-0.1, -0.05) is 42.8 Å². The second kappa shape index (κ2) is 10.5. The Morgan fingerprint density at radius 3 is 2.53 bits per heavy atom. The number of carbonyl (C=O) groups excluding carboxylic acids is 1. The molecule has 1 saturated heterocycles. The molecule has 6 rings (SSSR count). The Morgan fingerprint density at radius 2 is 1.74 bits per heavy atom. The van der Waals surface area contributed by atoms with E-state index in [1.54, 1.807) is 17.0 Å². The molecule has 0 bridgehead atoms. The Bertz CT molecular complexity index is 1500. The molecule has 1 aliphatic carbocycles. The van der Waals surface area contributed by atoms with Crippen LogP contribution < -0.4 is 4.90 Å². The van der Waals surface area contributed by atoms with E-state index < -0.39 is 4.92 Å². The lowest BCUT2D eigenvalue weighted by atomic mass is 10.1. The minimum atomic E-state index is -0.466. The first kappa shape index (κ1) is 24.5. The number of non-ortho nitro benzene ring substituents is 1. The van der Waals surface area contributed by atoms with Crippen molar-refractivity contribution in [2.75, 3.05) is 31.1 Å². The quantitative estimate of drug-likeness (QED) is 0.195. The highest BCUT2D eigenvalue weighted by Gasteiger charge is 2.28. The number of anilines is 1. The van der Waals surface area contributed by atoms with Crippen LogP contribution in [0.4, 0.5) is 11.5 Å². The van der Waals surface area contributed by atoms with E-state index in [-0.39, 0.29) is 11.6 Å². The van der Waals surface area contributed by atoms with Crippen molar-refractivity contribution in [3.8, 4) is 0 Å². The second-order valence-corrected chi connectivity index (χ2v) is 11.0. The summed E-state index contributed by atoms with van der Waals surface area (Å²) in [6, 6.07) is 16.3. The molecule has 0 unspecified atom stereocenters. The Kier molecular flexibility index (Phi) is 6.76. The average Bonchev–Trinajstić information content (AvgIpc) is 3.13. The summed E-state index contributed by atoms with van der Waals surface area (Å²) in [4.78, 5) is 40.6. The van der Waals surface area contributed by atoms with E-state index in [1.807, 2.05) is 29.5 Å². The van der Waals surface area contributed by atoms with Crippen molar-refractivity contribution in [1.29, 1.82) is 0 Å². The number of hydrogen-bond acceptors (Lipinski definition) is 7. The fraction of sp³-hybridized carbons (Fsp3) is 0.345. The monoisotopic (exact) mass is 527 g/mol. The third-order valence-corrected chi connectivity index (χ3v) is 8.65. The van der Waals surface area contributed by atoms with Crippen LogP contribution in [0.1, 0.15) is 51.4 Å². The van der Waals surface area contributed by atoms with Gasteiger partial charge in [0.05, 0.1) is 10.3 Å². The van der Waals surface area contributed by atoms with E-state index in [2.05, 4.69) is 17.0 Å². The number of fused-ring (bicyclic) bond motifs is 3. The van der Waals surface area contributed by atoms with Gasteiger partial charge < -0.3 is 9.80 Å². The van der Waals surface area contributed by atoms with Gasteiger partial charge in [0.1, 0.15) is 16.5 Å². The number of amides is 1. The molecule has 1 fully saturated rings. The summed E-state index contributed by atoms with van der Waals surface area (Å²) in [5, 5.41) is 12.4. The third-order valence-electron chi connectivity index (χ3n) is 7.47. The highest BCUT2D eigenvalue weighted by molar-refractivity contribution is 7.19. The summed E-state index contributed by atoms with van der Waals surface area (Å²) in [5.41, 5.74) is 2.88. The summed E-state index contributed by atoms with van der Waals surface area (Å²) in [7, 11) is 0. The molecule has 0 radical (unpaired) electrons. The van der Waals surface area contributed by atoms with Gasteiger partial charge in [-0.2, -0.15) is 0 Å². The first-order valence-electron chi connectivity index (χ1n) is 13.2. The van der Waals surface area contributed by atoms with Crippen molar-refractivity contribution in [3.63, 3.8) is 0 Å². The number of nitro benzene ring substituents is 1. The molecule has 2 aromatic carbocycles. The largest absolute Gasteiger partial charge is 0.352 e. The fourth-order valence-corrected chi connectivity index (χ4v) is 6.78. The maximum absolute atomic E-state index is 13.1. The third kappa shape index (κ3) is 4.86. The van der Waals surface area contributed by atoms with Gasteiger partial charge in [-0.05, 0) is 42.9 Å². The predicted octanol–water partition coefficient (Wildman–Crippen LogP) is 5.42. The first-order valence-corrected chi connectivity index (χ1v) is 14.0. The fourth-order valence-electron chi connectivity index (χ4n) is 5.50. The zero-order valence-electron chi connectivity index (χ0n) is 21.1. The van der Waals surface area contributed by atoms with Crippen LogP contribution in [-0.2, 0) is 19.3 Å². The molecule has 194 valence electrons. The normalized spacial score (nSPS) is 15.8. The van der Waals surface area contributed by atoms with Crippen LogP contribution in [0.25, 0.3) is 10.2 Å². The summed E-state index contributed by atoms with van der Waals surface area (Å²) < 4.78 is 0. The molecule has 0 spiro atoms. The summed E-state index contributed by atoms with van der Waals surface area (Å²) in [6.45, 7) is 2.38.